The van der Waals surface area contributed by atoms with Crippen LogP contribution < -0.4 is 5.32 Å². The number of nitrogens with one attached hydrogen (secondary N) is 1. The topological polar surface area (TPSA) is 15.3 Å². The molecule has 1 atom stereocenters. The van der Waals surface area contributed by atoms with Crippen molar-refractivity contribution in [2.24, 2.45) is 5.92 Å². The Morgan fingerprint density at radius 3 is 2.73 bits per heavy atom. The first-order chi connectivity index (χ1) is 5.36. The summed E-state index contributed by atoms with van der Waals surface area (Å²) in [6.07, 6.45) is 4.30. The predicted octanol–water partition coefficient (Wildman–Crippen LogP) is 0.690. The number of hydrogen-bond donors (Lipinski definition) is 1. The molecule has 0 spiro atoms. The van der Waals surface area contributed by atoms with Crippen molar-refractivity contribution in [2.75, 3.05) is 26.7 Å². The molecule has 0 bridgehead atoms. The van der Waals surface area contributed by atoms with Crippen LogP contribution in [0.2, 0.25) is 0 Å². The molecule has 0 aromatic carbocycles. The van der Waals surface area contributed by atoms with Gasteiger partial charge in [-0.3, -0.25) is 0 Å². The van der Waals surface area contributed by atoms with Gasteiger partial charge in [-0.05, 0) is 38.8 Å². The Bertz CT molecular complexity index is 126. The van der Waals surface area contributed by atoms with Crippen LogP contribution >= 0.6 is 0 Å². The molecule has 2 rings (SSSR count). The van der Waals surface area contributed by atoms with E-state index in [9.17, 15) is 0 Å². The molecular weight excluding hydrogens is 136 g/mol. The fraction of sp³-hybridized carbons (Fsp3) is 1.00. The van der Waals surface area contributed by atoms with E-state index in [2.05, 4.69) is 17.3 Å². The number of hydrogen-bond acceptors (Lipinski definition) is 2. The fourth-order valence-corrected chi connectivity index (χ4v) is 1.87. The van der Waals surface area contributed by atoms with Gasteiger partial charge >= 0.3 is 0 Å². The largest absolute Gasteiger partial charge is 0.315 e. The van der Waals surface area contributed by atoms with Crippen molar-refractivity contribution in [2.45, 2.75) is 25.3 Å². The van der Waals surface area contributed by atoms with Crippen LogP contribution in [0.5, 0.6) is 0 Å². The molecule has 1 heterocycles. The molecular formula is C9H18N2. The van der Waals surface area contributed by atoms with E-state index in [1.807, 2.05) is 0 Å². The Labute approximate surface area is 69.0 Å². The zero-order valence-corrected chi connectivity index (χ0v) is 7.34. The molecule has 2 nitrogen and oxygen atoms in total. The van der Waals surface area contributed by atoms with Gasteiger partial charge in [0.25, 0.3) is 0 Å². The van der Waals surface area contributed by atoms with Crippen molar-refractivity contribution in [3.05, 3.63) is 0 Å². The van der Waals surface area contributed by atoms with E-state index in [0.717, 1.165) is 12.0 Å². The van der Waals surface area contributed by atoms with E-state index in [1.165, 1.54) is 38.9 Å². The van der Waals surface area contributed by atoms with E-state index in [0.29, 0.717) is 0 Å². The second-order valence-electron chi connectivity index (χ2n) is 4.03. The molecule has 1 N–H and O–H groups in total. The molecule has 1 saturated carbocycles. The zero-order valence-electron chi connectivity index (χ0n) is 7.34. The Kier molecular flexibility index (Phi) is 2.14. The highest BCUT2D eigenvalue weighted by Crippen LogP contribution is 2.30. The summed E-state index contributed by atoms with van der Waals surface area (Å²) in [5.74, 6) is 1.04. The summed E-state index contributed by atoms with van der Waals surface area (Å²) in [4.78, 5) is 2.54. The molecule has 1 saturated heterocycles. The van der Waals surface area contributed by atoms with Gasteiger partial charge in [-0.1, -0.05) is 0 Å². The first kappa shape index (κ1) is 7.56. The predicted molar refractivity (Wildman–Crippen MR) is 46.6 cm³/mol. The average Bonchev–Trinajstić information content (AvgIpc) is 2.67. The molecule has 0 radical (unpaired) electrons. The Morgan fingerprint density at radius 2 is 2.18 bits per heavy atom. The summed E-state index contributed by atoms with van der Waals surface area (Å²) >= 11 is 0. The number of nitrogens with zero attached hydrogens (tertiary/aromatic N) is 1. The van der Waals surface area contributed by atoms with Gasteiger partial charge in [0.1, 0.15) is 0 Å². The third-order valence-corrected chi connectivity index (χ3v) is 2.90. The normalized spacial score (nSPS) is 31.6. The van der Waals surface area contributed by atoms with Gasteiger partial charge in [0.05, 0.1) is 0 Å². The van der Waals surface area contributed by atoms with Gasteiger partial charge in [0.2, 0.25) is 0 Å². The van der Waals surface area contributed by atoms with Crippen LogP contribution in [0, 0.1) is 5.92 Å². The smallest absolute Gasteiger partial charge is 0.0229 e. The van der Waals surface area contributed by atoms with Crippen LogP contribution in [-0.4, -0.2) is 37.6 Å². The molecule has 2 heteroatoms. The summed E-state index contributed by atoms with van der Waals surface area (Å²) in [5.41, 5.74) is 0. The second-order valence-corrected chi connectivity index (χ2v) is 4.03. The van der Waals surface area contributed by atoms with Gasteiger partial charge < -0.3 is 10.2 Å². The van der Waals surface area contributed by atoms with E-state index in [1.54, 1.807) is 0 Å². The second kappa shape index (κ2) is 3.11. The average molecular weight is 154 g/mol. The van der Waals surface area contributed by atoms with Crippen LogP contribution in [0.3, 0.4) is 0 Å². The zero-order chi connectivity index (χ0) is 7.68. The first-order valence-electron chi connectivity index (χ1n) is 4.77. The van der Waals surface area contributed by atoms with Crippen molar-refractivity contribution >= 4 is 0 Å². The maximum atomic E-state index is 3.41. The lowest BCUT2D eigenvalue weighted by Gasteiger charge is -2.22. The summed E-state index contributed by atoms with van der Waals surface area (Å²) in [7, 11) is 2.27. The van der Waals surface area contributed by atoms with Crippen molar-refractivity contribution < 1.29 is 0 Å². The Hall–Kier alpha value is -0.0800. The highest BCUT2D eigenvalue weighted by Gasteiger charge is 2.26. The van der Waals surface area contributed by atoms with Crippen LogP contribution in [-0.2, 0) is 0 Å². The number of rotatable bonds is 3. The van der Waals surface area contributed by atoms with Crippen LogP contribution in [0.15, 0.2) is 0 Å². The quantitative estimate of drug-likeness (QED) is 0.643. The van der Waals surface area contributed by atoms with Gasteiger partial charge in [0, 0.05) is 19.1 Å². The van der Waals surface area contributed by atoms with Crippen molar-refractivity contribution in [1.29, 1.82) is 0 Å². The minimum absolute atomic E-state index is 0.829. The lowest BCUT2D eigenvalue weighted by atomic mass is 10.2. The Balaban J connectivity index is 1.73. The van der Waals surface area contributed by atoms with Crippen molar-refractivity contribution in [3.63, 3.8) is 0 Å². The SMILES string of the molecule is CN(CC1CC1)[C@H]1CCNC1. The monoisotopic (exact) mass is 154 g/mol. The fourth-order valence-electron chi connectivity index (χ4n) is 1.87. The maximum absolute atomic E-state index is 3.41. The first-order valence-corrected chi connectivity index (χ1v) is 4.77. The molecule has 64 valence electrons. The van der Waals surface area contributed by atoms with Gasteiger partial charge in [-0.2, -0.15) is 0 Å². The van der Waals surface area contributed by atoms with E-state index >= 15 is 0 Å². The van der Waals surface area contributed by atoms with E-state index in [-0.39, 0.29) is 0 Å². The van der Waals surface area contributed by atoms with Crippen molar-refractivity contribution in [3.8, 4) is 0 Å². The summed E-state index contributed by atoms with van der Waals surface area (Å²) in [6, 6.07) is 0.829. The summed E-state index contributed by atoms with van der Waals surface area (Å²) in [6.45, 7) is 3.77. The minimum Gasteiger partial charge on any atom is -0.315 e. The van der Waals surface area contributed by atoms with Gasteiger partial charge in [0.15, 0.2) is 0 Å². The lowest BCUT2D eigenvalue weighted by Crippen LogP contribution is -2.34. The molecule has 0 unspecified atom stereocenters. The molecule has 2 fully saturated rings. The minimum atomic E-state index is 0.829. The summed E-state index contributed by atoms with van der Waals surface area (Å²) in [5, 5.41) is 3.41. The number of likely N-dealkylation sites (N-methyl/N-ethyl adjacent to an activating group) is 1. The lowest BCUT2D eigenvalue weighted by molar-refractivity contribution is 0.247. The van der Waals surface area contributed by atoms with Gasteiger partial charge in [-0.25, -0.2) is 0 Å². The molecule has 11 heavy (non-hydrogen) atoms. The van der Waals surface area contributed by atoms with Crippen LogP contribution in [0.1, 0.15) is 19.3 Å². The van der Waals surface area contributed by atoms with E-state index < -0.39 is 0 Å². The Morgan fingerprint density at radius 1 is 1.36 bits per heavy atom. The summed E-state index contributed by atoms with van der Waals surface area (Å²) < 4.78 is 0. The molecule has 1 aliphatic heterocycles. The van der Waals surface area contributed by atoms with Crippen molar-refractivity contribution in [1.82, 2.24) is 10.2 Å². The molecule has 0 amide bonds. The highest BCUT2D eigenvalue weighted by molar-refractivity contribution is 4.83. The van der Waals surface area contributed by atoms with E-state index in [4.69, 9.17) is 0 Å². The maximum Gasteiger partial charge on any atom is 0.0229 e. The van der Waals surface area contributed by atoms with Crippen LogP contribution in [0.4, 0.5) is 0 Å². The molecule has 0 aromatic rings. The molecule has 0 aromatic heterocycles. The standard InChI is InChI=1S/C9H18N2/c1-11(7-8-2-3-8)9-4-5-10-6-9/h8-10H,2-7H2,1H3/t9-/m0/s1. The molecule has 1 aliphatic carbocycles. The van der Waals surface area contributed by atoms with Gasteiger partial charge in [-0.15, -0.1) is 0 Å². The highest BCUT2D eigenvalue weighted by atomic mass is 15.2. The third kappa shape index (κ3) is 1.94. The third-order valence-electron chi connectivity index (χ3n) is 2.90. The van der Waals surface area contributed by atoms with Crippen LogP contribution in [0.25, 0.3) is 0 Å². The molecule has 2 aliphatic rings.